The van der Waals surface area contributed by atoms with E-state index in [1.54, 1.807) is 6.07 Å². The lowest BCUT2D eigenvalue weighted by atomic mass is 10.1. The minimum Gasteiger partial charge on any atom is -0.465 e. The molecule has 0 saturated carbocycles. The Morgan fingerprint density at radius 1 is 1.62 bits per heavy atom. The van der Waals surface area contributed by atoms with E-state index in [1.807, 2.05) is 0 Å². The van der Waals surface area contributed by atoms with Gasteiger partial charge in [0, 0.05) is 11.8 Å². The van der Waals surface area contributed by atoms with E-state index in [1.165, 1.54) is 0 Å². The van der Waals surface area contributed by atoms with Crippen molar-refractivity contribution in [2.75, 3.05) is 12.8 Å². The Balaban J connectivity index is 3.56. The monoisotopic (exact) mass is 221 g/mol. The Bertz CT molecular complexity index is 504. The molecule has 2 N–H and O–H groups in total. The van der Waals surface area contributed by atoms with Gasteiger partial charge in [0.05, 0.1) is 17.6 Å². The number of carbonyl (C=O) groups excluding carboxylic acids is 1. The Morgan fingerprint density at radius 2 is 2.25 bits per heavy atom. The molecular weight excluding hydrogens is 214 g/mol. The molecule has 0 spiro atoms. The summed E-state index contributed by atoms with van der Waals surface area (Å²) in [5, 5.41) is 19.4. The molecule has 0 radical (unpaired) electrons. The van der Waals surface area contributed by atoms with Gasteiger partial charge in [0.2, 0.25) is 0 Å². The zero-order valence-corrected chi connectivity index (χ0v) is 8.26. The lowest BCUT2D eigenvalue weighted by Crippen LogP contribution is -2.07. The summed E-state index contributed by atoms with van der Waals surface area (Å²) in [6.07, 6.45) is 0. The number of nitrogens with zero attached hydrogens (tertiary/aromatic N) is 2. The molecule has 0 aliphatic carbocycles. The Labute approximate surface area is 90.2 Å². The van der Waals surface area contributed by atoms with Gasteiger partial charge >= 0.3 is 5.97 Å². The molecule has 0 atom stereocenters. The summed E-state index contributed by atoms with van der Waals surface area (Å²) in [6.45, 7) is 0. The third kappa shape index (κ3) is 1.90. The maximum absolute atomic E-state index is 11.3. The predicted molar refractivity (Wildman–Crippen MR) is 53.6 cm³/mol. The maximum atomic E-state index is 11.3. The SMILES string of the molecule is COC(=O)c1cc(N)cc([N+](=O)[O-])c1C#N. The summed E-state index contributed by atoms with van der Waals surface area (Å²) in [6, 6.07) is 3.77. The van der Waals surface area contributed by atoms with Crippen LogP contribution < -0.4 is 5.73 Å². The summed E-state index contributed by atoms with van der Waals surface area (Å²) < 4.78 is 4.40. The first-order chi connectivity index (χ1) is 7.51. The fourth-order valence-electron chi connectivity index (χ4n) is 1.18. The van der Waals surface area contributed by atoms with Gasteiger partial charge in [0.25, 0.3) is 5.69 Å². The zero-order chi connectivity index (χ0) is 12.3. The van der Waals surface area contributed by atoms with Gasteiger partial charge in [-0.3, -0.25) is 10.1 Å². The second-order valence-electron chi connectivity index (χ2n) is 2.82. The average molecular weight is 221 g/mol. The lowest BCUT2D eigenvalue weighted by molar-refractivity contribution is -0.385. The highest BCUT2D eigenvalue weighted by molar-refractivity contribution is 5.95. The number of benzene rings is 1. The van der Waals surface area contributed by atoms with E-state index < -0.39 is 16.6 Å². The average Bonchev–Trinajstić information content (AvgIpc) is 2.26. The number of nitrogens with two attached hydrogens (primary N) is 1. The second kappa shape index (κ2) is 4.27. The minimum absolute atomic E-state index is 0.0195. The molecule has 0 amide bonds. The van der Waals surface area contributed by atoms with E-state index >= 15 is 0 Å². The number of anilines is 1. The number of hydrogen-bond acceptors (Lipinski definition) is 6. The number of nitrogen functional groups attached to an aromatic ring is 1. The number of nitriles is 1. The van der Waals surface area contributed by atoms with Crippen molar-refractivity contribution >= 4 is 17.3 Å². The molecule has 0 heterocycles. The van der Waals surface area contributed by atoms with Crippen LogP contribution in [-0.4, -0.2) is 18.0 Å². The van der Waals surface area contributed by atoms with Crippen LogP contribution in [0.15, 0.2) is 12.1 Å². The first kappa shape index (κ1) is 11.5. The first-order valence-electron chi connectivity index (χ1n) is 4.07. The molecular formula is C9H7N3O4. The first-order valence-corrected chi connectivity index (χ1v) is 4.07. The third-order valence-electron chi connectivity index (χ3n) is 1.85. The molecule has 1 rings (SSSR count). The zero-order valence-electron chi connectivity index (χ0n) is 8.26. The highest BCUT2D eigenvalue weighted by Gasteiger charge is 2.23. The van der Waals surface area contributed by atoms with Gasteiger partial charge in [-0.15, -0.1) is 0 Å². The lowest BCUT2D eigenvalue weighted by Gasteiger charge is -2.03. The van der Waals surface area contributed by atoms with Crippen molar-refractivity contribution in [1.82, 2.24) is 0 Å². The summed E-state index contributed by atoms with van der Waals surface area (Å²) >= 11 is 0. The number of nitro groups is 1. The highest BCUT2D eigenvalue weighted by Crippen LogP contribution is 2.25. The molecule has 0 aliphatic heterocycles. The third-order valence-corrected chi connectivity index (χ3v) is 1.85. The maximum Gasteiger partial charge on any atom is 0.339 e. The van der Waals surface area contributed by atoms with Crippen molar-refractivity contribution in [1.29, 1.82) is 5.26 Å². The van der Waals surface area contributed by atoms with Crippen molar-refractivity contribution in [2.24, 2.45) is 0 Å². The van der Waals surface area contributed by atoms with Gasteiger partial charge in [-0.25, -0.2) is 4.79 Å². The van der Waals surface area contributed by atoms with Crippen molar-refractivity contribution in [3.63, 3.8) is 0 Å². The largest absolute Gasteiger partial charge is 0.465 e. The molecule has 0 fully saturated rings. The number of ether oxygens (including phenoxy) is 1. The molecule has 0 saturated heterocycles. The van der Waals surface area contributed by atoms with Crippen LogP contribution in [0.2, 0.25) is 0 Å². The summed E-state index contributed by atoms with van der Waals surface area (Å²) in [4.78, 5) is 21.1. The van der Waals surface area contributed by atoms with Crippen LogP contribution in [0.4, 0.5) is 11.4 Å². The van der Waals surface area contributed by atoms with Gasteiger partial charge in [0.1, 0.15) is 11.6 Å². The van der Waals surface area contributed by atoms with Crippen molar-refractivity contribution in [3.05, 3.63) is 33.4 Å². The number of carbonyl (C=O) groups is 1. The highest BCUT2D eigenvalue weighted by atomic mass is 16.6. The van der Waals surface area contributed by atoms with Gasteiger partial charge in [-0.05, 0) is 6.07 Å². The normalized spacial score (nSPS) is 9.25. The topological polar surface area (TPSA) is 119 Å². The Morgan fingerprint density at radius 3 is 2.69 bits per heavy atom. The number of rotatable bonds is 2. The number of esters is 1. The number of nitro benzene ring substituents is 1. The van der Waals surface area contributed by atoms with Crippen LogP contribution in [0.1, 0.15) is 15.9 Å². The summed E-state index contributed by atoms with van der Waals surface area (Å²) in [5.74, 6) is -0.841. The van der Waals surface area contributed by atoms with Crippen LogP contribution >= 0.6 is 0 Å². The summed E-state index contributed by atoms with van der Waals surface area (Å²) in [5.41, 5.74) is 4.33. The van der Waals surface area contributed by atoms with Gasteiger partial charge < -0.3 is 10.5 Å². The molecule has 0 bridgehead atoms. The molecule has 0 aliphatic rings. The molecule has 0 unspecified atom stereocenters. The predicted octanol–water partition coefficient (Wildman–Crippen LogP) is 0.835. The van der Waals surface area contributed by atoms with Crippen molar-refractivity contribution in [3.8, 4) is 6.07 Å². The number of methoxy groups -OCH3 is 1. The molecule has 1 aromatic rings. The van der Waals surface area contributed by atoms with Crippen molar-refractivity contribution < 1.29 is 14.5 Å². The van der Waals surface area contributed by atoms with Crippen LogP contribution in [0.25, 0.3) is 0 Å². The molecule has 82 valence electrons. The van der Waals surface area contributed by atoms with E-state index in [9.17, 15) is 14.9 Å². The molecule has 1 aromatic carbocycles. The van der Waals surface area contributed by atoms with E-state index in [4.69, 9.17) is 11.0 Å². The summed E-state index contributed by atoms with van der Waals surface area (Å²) in [7, 11) is 1.11. The van der Waals surface area contributed by atoms with Crippen molar-refractivity contribution in [2.45, 2.75) is 0 Å². The fourth-order valence-corrected chi connectivity index (χ4v) is 1.18. The van der Waals surface area contributed by atoms with Crippen LogP contribution in [0.3, 0.4) is 0 Å². The fraction of sp³-hybridized carbons (Fsp3) is 0.111. The second-order valence-corrected chi connectivity index (χ2v) is 2.82. The standard InChI is InChI=1S/C9H7N3O4/c1-16-9(13)6-2-5(11)3-8(12(14)15)7(6)4-10/h2-3H,11H2,1H3. The molecule has 0 aromatic heterocycles. The van der Waals surface area contributed by atoms with E-state index in [2.05, 4.69) is 4.74 Å². The van der Waals surface area contributed by atoms with E-state index in [-0.39, 0.29) is 16.8 Å². The van der Waals surface area contributed by atoms with Crippen LogP contribution in [0, 0.1) is 21.4 Å². The molecule has 7 heteroatoms. The quantitative estimate of drug-likeness (QED) is 0.342. The number of hydrogen-bond donors (Lipinski definition) is 1. The minimum atomic E-state index is -0.841. The molecule has 16 heavy (non-hydrogen) atoms. The van der Waals surface area contributed by atoms with E-state index in [0.29, 0.717) is 0 Å². The van der Waals surface area contributed by atoms with Crippen LogP contribution in [0.5, 0.6) is 0 Å². The van der Waals surface area contributed by atoms with Crippen LogP contribution in [-0.2, 0) is 4.74 Å². The smallest absolute Gasteiger partial charge is 0.339 e. The van der Waals surface area contributed by atoms with Gasteiger partial charge in [0.15, 0.2) is 0 Å². The van der Waals surface area contributed by atoms with E-state index in [0.717, 1.165) is 19.2 Å². The van der Waals surface area contributed by atoms with Gasteiger partial charge in [-0.1, -0.05) is 0 Å². The Kier molecular flexibility index (Phi) is 3.06. The molecule has 7 nitrogen and oxygen atoms in total. The Hall–Kier alpha value is -2.62. The van der Waals surface area contributed by atoms with Gasteiger partial charge in [-0.2, -0.15) is 5.26 Å².